The average molecular weight is 291 g/mol. The van der Waals surface area contributed by atoms with Gasteiger partial charge in [0, 0.05) is 18.2 Å². The van der Waals surface area contributed by atoms with Gasteiger partial charge >= 0.3 is 0 Å². The molecule has 3 rings (SSSR count). The van der Waals surface area contributed by atoms with Crippen molar-refractivity contribution in [3.8, 4) is 0 Å². The fourth-order valence-corrected chi connectivity index (χ4v) is 3.12. The largest absolute Gasteiger partial charge is 0.373 e. The minimum atomic E-state index is -0.145. The van der Waals surface area contributed by atoms with Crippen LogP contribution in [0.1, 0.15) is 56.6 Å². The van der Waals surface area contributed by atoms with E-state index < -0.39 is 0 Å². The molecule has 2 fully saturated rings. The summed E-state index contributed by atoms with van der Waals surface area (Å²) in [5, 5.41) is 3.47. The van der Waals surface area contributed by atoms with Gasteiger partial charge in [0.2, 0.25) is 0 Å². The van der Waals surface area contributed by atoms with Gasteiger partial charge in [-0.15, -0.1) is 0 Å². The zero-order valence-corrected chi connectivity index (χ0v) is 12.9. The highest BCUT2D eigenvalue weighted by Crippen LogP contribution is 2.27. The standard InChI is InChI=1S/C18H26FNO/c1-13-4-2-3-5-18(13)21-12-15-10-14(6-9-17(15)19)11-20-16-7-8-16/h6,9-10,13,16,18,20H,2-5,7-8,11-12H2,1H3. The summed E-state index contributed by atoms with van der Waals surface area (Å²) in [7, 11) is 0. The lowest BCUT2D eigenvalue weighted by molar-refractivity contribution is -0.0165. The molecule has 21 heavy (non-hydrogen) atoms. The number of halogens is 1. The van der Waals surface area contributed by atoms with Crippen LogP contribution < -0.4 is 5.32 Å². The fraction of sp³-hybridized carbons (Fsp3) is 0.667. The Labute approximate surface area is 127 Å². The first-order valence-electron chi connectivity index (χ1n) is 8.34. The van der Waals surface area contributed by atoms with E-state index in [1.807, 2.05) is 12.1 Å². The number of hydrogen-bond donors (Lipinski definition) is 1. The molecule has 2 saturated carbocycles. The van der Waals surface area contributed by atoms with Gasteiger partial charge < -0.3 is 10.1 Å². The van der Waals surface area contributed by atoms with Crippen molar-refractivity contribution in [1.82, 2.24) is 5.32 Å². The molecule has 0 aliphatic heterocycles. The third-order valence-electron chi connectivity index (χ3n) is 4.77. The zero-order valence-electron chi connectivity index (χ0n) is 12.9. The van der Waals surface area contributed by atoms with E-state index in [-0.39, 0.29) is 5.82 Å². The van der Waals surface area contributed by atoms with Gasteiger partial charge in [-0.1, -0.05) is 25.8 Å². The molecule has 0 aromatic heterocycles. The number of hydrogen-bond acceptors (Lipinski definition) is 2. The van der Waals surface area contributed by atoms with Crippen LogP contribution in [0.4, 0.5) is 4.39 Å². The van der Waals surface area contributed by atoms with Gasteiger partial charge in [-0.3, -0.25) is 0 Å². The zero-order chi connectivity index (χ0) is 14.7. The molecule has 2 aliphatic rings. The third kappa shape index (κ3) is 4.27. The van der Waals surface area contributed by atoms with Gasteiger partial charge in [0.25, 0.3) is 0 Å². The lowest BCUT2D eigenvalue weighted by atomic mass is 9.88. The van der Waals surface area contributed by atoms with Crippen LogP contribution in [0.2, 0.25) is 0 Å². The molecule has 0 radical (unpaired) electrons. The van der Waals surface area contributed by atoms with E-state index in [1.165, 1.54) is 32.1 Å². The van der Waals surface area contributed by atoms with Crippen molar-refractivity contribution in [2.24, 2.45) is 5.92 Å². The Morgan fingerprint density at radius 2 is 2.00 bits per heavy atom. The predicted molar refractivity (Wildman–Crippen MR) is 82.5 cm³/mol. The summed E-state index contributed by atoms with van der Waals surface area (Å²) in [5.74, 6) is 0.454. The molecular formula is C18H26FNO. The summed E-state index contributed by atoms with van der Waals surface area (Å²) in [6, 6.07) is 6.08. The fourth-order valence-electron chi connectivity index (χ4n) is 3.12. The topological polar surface area (TPSA) is 21.3 Å². The molecular weight excluding hydrogens is 265 g/mol. The molecule has 0 bridgehead atoms. The van der Waals surface area contributed by atoms with E-state index in [0.717, 1.165) is 18.5 Å². The van der Waals surface area contributed by atoms with Gasteiger partial charge in [0.1, 0.15) is 5.82 Å². The summed E-state index contributed by atoms with van der Waals surface area (Å²) < 4.78 is 19.9. The Morgan fingerprint density at radius 3 is 2.76 bits per heavy atom. The molecule has 3 heteroatoms. The van der Waals surface area contributed by atoms with E-state index in [2.05, 4.69) is 12.2 Å². The molecule has 0 amide bonds. The predicted octanol–water partition coefficient (Wildman–Crippen LogP) is 4.17. The lowest BCUT2D eigenvalue weighted by Gasteiger charge is -2.28. The molecule has 0 spiro atoms. The first kappa shape index (κ1) is 15.0. The van der Waals surface area contributed by atoms with Gasteiger partial charge in [0.15, 0.2) is 0 Å². The number of rotatable bonds is 6. The summed E-state index contributed by atoms with van der Waals surface area (Å²) >= 11 is 0. The monoisotopic (exact) mass is 291 g/mol. The van der Waals surface area contributed by atoms with Crippen LogP contribution in [0.15, 0.2) is 18.2 Å². The van der Waals surface area contributed by atoms with Crippen molar-refractivity contribution in [1.29, 1.82) is 0 Å². The van der Waals surface area contributed by atoms with Gasteiger partial charge in [-0.05, 0) is 49.3 Å². The number of ether oxygens (including phenoxy) is 1. The molecule has 2 nitrogen and oxygen atoms in total. The van der Waals surface area contributed by atoms with Crippen LogP contribution in [0.25, 0.3) is 0 Å². The molecule has 1 N–H and O–H groups in total. The maximum atomic E-state index is 13.9. The normalized spacial score (nSPS) is 26.0. The smallest absolute Gasteiger partial charge is 0.128 e. The Bertz CT molecular complexity index is 472. The SMILES string of the molecule is CC1CCCCC1OCc1cc(CNC2CC2)ccc1F. The van der Waals surface area contributed by atoms with Crippen molar-refractivity contribution in [2.45, 2.75) is 70.7 Å². The molecule has 2 aliphatic carbocycles. The molecule has 2 unspecified atom stereocenters. The first-order chi connectivity index (χ1) is 10.2. The Hall–Kier alpha value is -0.930. The molecule has 116 valence electrons. The minimum absolute atomic E-state index is 0.145. The Kier molecular flexibility index (Phi) is 4.91. The van der Waals surface area contributed by atoms with E-state index in [0.29, 0.717) is 30.2 Å². The first-order valence-corrected chi connectivity index (χ1v) is 8.34. The van der Waals surface area contributed by atoms with E-state index in [1.54, 1.807) is 6.07 Å². The van der Waals surface area contributed by atoms with E-state index in [9.17, 15) is 4.39 Å². The van der Waals surface area contributed by atoms with E-state index in [4.69, 9.17) is 4.74 Å². The van der Waals surface area contributed by atoms with Crippen molar-refractivity contribution in [2.75, 3.05) is 0 Å². The second-order valence-corrected chi connectivity index (χ2v) is 6.69. The van der Waals surface area contributed by atoms with Crippen LogP contribution in [-0.4, -0.2) is 12.1 Å². The Balaban J connectivity index is 1.56. The lowest BCUT2D eigenvalue weighted by Crippen LogP contribution is -2.25. The second kappa shape index (κ2) is 6.89. The van der Waals surface area contributed by atoms with Gasteiger partial charge in [-0.2, -0.15) is 0 Å². The van der Waals surface area contributed by atoms with Crippen molar-refractivity contribution in [3.63, 3.8) is 0 Å². The average Bonchev–Trinajstić information content (AvgIpc) is 3.31. The maximum absolute atomic E-state index is 13.9. The van der Waals surface area contributed by atoms with Crippen molar-refractivity contribution in [3.05, 3.63) is 35.1 Å². The molecule has 1 aromatic carbocycles. The van der Waals surface area contributed by atoms with Crippen LogP contribution in [0, 0.1) is 11.7 Å². The minimum Gasteiger partial charge on any atom is -0.373 e. The summed E-state index contributed by atoms with van der Waals surface area (Å²) in [6.45, 7) is 3.48. The van der Waals surface area contributed by atoms with Crippen molar-refractivity contribution >= 4 is 0 Å². The highest BCUT2D eigenvalue weighted by atomic mass is 19.1. The quantitative estimate of drug-likeness (QED) is 0.849. The van der Waals surface area contributed by atoms with Crippen molar-refractivity contribution < 1.29 is 9.13 Å². The van der Waals surface area contributed by atoms with Crippen LogP contribution in [0.3, 0.4) is 0 Å². The highest BCUT2D eigenvalue weighted by molar-refractivity contribution is 5.24. The van der Waals surface area contributed by atoms with Gasteiger partial charge in [-0.25, -0.2) is 4.39 Å². The third-order valence-corrected chi connectivity index (χ3v) is 4.77. The Morgan fingerprint density at radius 1 is 1.19 bits per heavy atom. The van der Waals surface area contributed by atoms with Gasteiger partial charge in [0.05, 0.1) is 12.7 Å². The van der Waals surface area contributed by atoms with Crippen LogP contribution in [0.5, 0.6) is 0 Å². The molecule has 0 saturated heterocycles. The maximum Gasteiger partial charge on any atom is 0.128 e. The second-order valence-electron chi connectivity index (χ2n) is 6.69. The molecule has 1 aromatic rings. The highest BCUT2D eigenvalue weighted by Gasteiger charge is 2.22. The number of nitrogens with one attached hydrogen (secondary N) is 1. The number of benzene rings is 1. The van der Waals surface area contributed by atoms with E-state index >= 15 is 0 Å². The van der Waals surface area contributed by atoms with Crippen LogP contribution >= 0.6 is 0 Å². The summed E-state index contributed by atoms with van der Waals surface area (Å²) in [5.41, 5.74) is 1.85. The summed E-state index contributed by atoms with van der Waals surface area (Å²) in [4.78, 5) is 0. The molecule has 2 atom stereocenters. The summed E-state index contributed by atoms with van der Waals surface area (Å²) in [6.07, 6.45) is 7.74. The molecule has 0 heterocycles. The van der Waals surface area contributed by atoms with Crippen LogP contribution in [-0.2, 0) is 17.9 Å².